The van der Waals surface area contributed by atoms with E-state index in [1.165, 1.54) is 24.3 Å². The first-order valence-corrected chi connectivity index (χ1v) is 13.7. The van der Waals surface area contributed by atoms with Gasteiger partial charge in [0.1, 0.15) is 5.75 Å². The first kappa shape index (κ1) is 33.0. The minimum Gasteiger partial charge on any atom is -0.495 e. The average Bonchev–Trinajstić information content (AvgIpc) is 2.98. The number of carboxylic acids is 2. The largest absolute Gasteiger partial charge is 0.495 e. The molecular formula is C31H35N5O8. The summed E-state index contributed by atoms with van der Waals surface area (Å²) in [6.07, 6.45) is 0.863. The number of aryl methyl sites for hydroxylation is 1. The van der Waals surface area contributed by atoms with E-state index in [1.807, 2.05) is 25.1 Å². The van der Waals surface area contributed by atoms with Crippen LogP contribution in [0.3, 0.4) is 0 Å². The van der Waals surface area contributed by atoms with Crippen LogP contribution in [0.4, 0.5) is 21.9 Å². The average molecular weight is 606 g/mol. The van der Waals surface area contributed by atoms with Crippen molar-refractivity contribution in [3.8, 4) is 5.75 Å². The molecule has 232 valence electrons. The third-order valence-corrected chi connectivity index (χ3v) is 6.66. The van der Waals surface area contributed by atoms with Crippen LogP contribution in [0.5, 0.6) is 5.75 Å². The van der Waals surface area contributed by atoms with Gasteiger partial charge in [-0.1, -0.05) is 24.3 Å². The van der Waals surface area contributed by atoms with Crippen molar-refractivity contribution in [2.45, 2.75) is 45.1 Å². The number of hydrogen-bond acceptors (Lipinski definition) is 7. The molecule has 0 saturated heterocycles. The molecule has 1 unspecified atom stereocenters. The van der Waals surface area contributed by atoms with E-state index < -0.39 is 36.3 Å². The Hall–Kier alpha value is -5.46. The molecule has 13 nitrogen and oxygen atoms in total. The van der Waals surface area contributed by atoms with Crippen LogP contribution in [0.15, 0.2) is 60.8 Å². The van der Waals surface area contributed by atoms with Crippen molar-refractivity contribution >= 4 is 46.8 Å². The van der Waals surface area contributed by atoms with Gasteiger partial charge in [-0.15, -0.1) is 0 Å². The molecule has 1 atom stereocenters. The minimum atomic E-state index is -1.15. The maximum absolute atomic E-state index is 13.1. The maximum atomic E-state index is 13.1. The van der Waals surface area contributed by atoms with Crippen LogP contribution in [0, 0.1) is 6.92 Å². The van der Waals surface area contributed by atoms with Gasteiger partial charge in [-0.3, -0.25) is 24.2 Å². The third kappa shape index (κ3) is 9.82. The lowest BCUT2D eigenvalue weighted by atomic mass is 10.1. The summed E-state index contributed by atoms with van der Waals surface area (Å²) in [5.41, 5.74) is 3.37. The second-order valence-electron chi connectivity index (χ2n) is 9.96. The number of aromatic nitrogens is 1. The Morgan fingerprint density at radius 3 is 2.30 bits per heavy atom. The number of likely N-dealkylation sites (N-methyl/N-ethyl adjacent to an activating group) is 1. The normalized spacial score (nSPS) is 11.2. The highest BCUT2D eigenvalue weighted by Gasteiger charge is 2.21. The van der Waals surface area contributed by atoms with E-state index in [9.17, 15) is 29.1 Å². The van der Waals surface area contributed by atoms with Crippen LogP contribution in [-0.4, -0.2) is 59.1 Å². The number of amides is 4. The number of aliphatic carboxylic acids is 2. The Morgan fingerprint density at radius 2 is 1.66 bits per heavy atom. The van der Waals surface area contributed by atoms with Crippen molar-refractivity contribution in [1.82, 2.24) is 10.3 Å². The number of para-hydroxylation sites is 1. The lowest BCUT2D eigenvalue weighted by Crippen LogP contribution is -2.31. The Kier molecular flexibility index (Phi) is 11.8. The number of nitrogens with zero attached hydrogens (tertiary/aromatic N) is 2. The molecule has 13 heteroatoms. The molecule has 5 N–H and O–H groups in total. The van der Waals surface area contributed by atoms with Gasteiger partial charge in [0.05, 0.1) is 49.3 Å². The fourth-order valence-corrected chi connectivity index (χ4v) is 4.25. The Balaban J connectivity index is 1.63. The number of pyridine rings is 1. The predicted molar refractivity (Wildman–Crippen MR) is 163 cm³/mol. The van der Waals surface area contributed by atoms with Crippen LogP contribution in [0.25, 0.3) is 0 Å². The van der Waals surface area contributed by atoms with E-state index in [2.05, 4.69) is 20.9 Å². The van der Waals surface area contributed by atoms with Crippen molar-refractivity contribution in [3.05, 3.63) is 77.6 Å². The summed E-state index contributed by atoms with van der Waals surface area (Å²) in [6, 6.07) is 14.1. The van der Waals surface area contributed by atoms with Crippen molar-refractivity contribution in [1.29, 1.82) is 0 Å². The lowest BCUT2D eigenvalue weighted by Gasteiger charge is -2.20. The number of rotatable bonds is 14. The molecule has 0 aliphatic heterocycles. The van der Waals surface area contributed by atoms with Crippen molar-refractivity contribution in [2.24, 2.45) is 0 Å². The maximum Gasteiger partial charge on any atom is 0.323 e. The molecule has 0 aliphatic rings. The summed E-state index contributed by atoms with van der Waals surface area (Å²) in [7, 11) is 3.03. The molecule has 1 heterocycles. The Bertz CT molecular complexity index is 1510. The van der Waals surface area contributed by atoms with Crippen molar-refractivity contribution in [3.63, 3.8) is 0 Å². The molecule has 0 spiro atoms. The van der Waals surface area contributed by atoms with Gasteiger partial charge < -0.3 is 35.8 Å². The van der Waals surface area contributed by atoms with E-state index in [0.717, 1.165) is 5.56 Å². The van der Waals surface area contributed by atoms with Gasteiger partial charge in [0, 0.05) is 25.6 Å². The van der Waals surface area contributed by atoms with Gasteiger partial charge in [-0.25, -0.2) is 4.79 Å². The van der Waals surface area contributed by atoms with Crippen LogP contribution in [-0.2, 0) is 25.6 Å². The molecule has 44 heavy (non-hydrogen) atoms. The summed E-state index contributed by atoms with van der Waals surface area (Å²) >= 11 is 0. The first-order chi connectivity index (χ1) is 21.0. The number of benzene rings is 2. The Labute approximate surface area is 254 Å². The van der Waals surface area contributed by atoms with Gasteiger partial charge in [0.15, 0.2) is 0 Å². The van der Waals surface area contributed by atoms with Crippen LogP contribution in [0.2, 0.25) is 0 Å². The third-order valence-electron chi connectivity index (χ3n) is 6.66. The highest BCUT2D eigenvalue weighted by molar-refractivity contribution is 6.01. The number of carbonyl (C=O) groups excluding carboxylic acids is 3. The number of nitrogens with one attached hydrogen (secondary N) is 3. The van der Waals surface area contributed by atoms with Gasteiger partial charge in [0.2, 0.25) is 11.8 Å². The topological polar surface area (TPSA) is 187 Å². The lowest BCUT2D eigenvalue weighted by molar-refractivity contribution is -0.138. The molecule has 3 rings (SSSR count). The zero-order chi connectivity index (χ0) is 32.2. The molecule has 0 aliphatic carbocycles. The fourth-order valence-electron chi connectivity index (χ4n) is 4.25. The van der Waals surface area contributed by atoms with E-state index in [-0.39, 0.29) is 37.3 Å². The zero-order valence-corrected chi connectivity index (χ0v) is 24.6. The second-order valence-corrected chi connectivity index (χ2v) is 9.96. The molecule has 1 aromatic heterocycles. The number of ether oxygens (including phenoxy) is 1. The SMILES string of the molecule is COc1cc(CC(=O)N(C)c2ccc(C(CC(=O)O)NC(=O)CCCC(=O)O)nc2)ccc1NC(=O)Nc1ccccc1C. The first-order valence-electron chi connectivity index (χ1n) is 13.7. The summed E-state index contributed by atoms with van der Waals surface area (Å²) in [4.78, 5) is 65.5. The number of urea groups is 1. The molecule has 0 fully saturated rings. The highest BCUT2D eigenvalue weighted by Crippen LogP contribution is 2.27. The molecule has 4 amide bonds. The van der Waals surface area contributed by atoms with Crippen LogP contribution >= 0.6 is 0 Å². The van der Waals surface area contributed by atoms with Crippen molar-refractivity contribution < 1.29 is 38.9 Å². The number of anilines is 3. The molecule has 0 radical (unpaired) electrons. The molecule has 3 aromatic rings. The van der Waals surface area contributed by atoms with Crippen LogP contribution < -0.4 is 25.6 Å². The monoisotopic (exact) mass is 605 g/mol. The number of carbonyl (C=O) groups is 5. The molecule has 0 bridgehead atoms. The van der Waals surface area contributed by atoms with Gasteiger partial charge in [-0.05, 0) is 54.8 Å². The fraction of sp³-hybridized carbons (Fsp3) is 0.290. The van der Waals surface area contributed by atoms with Gasteiger partial charge in [0.25, 0.3) is 0 Å². The summed E-state index contributed by atoms with van der Waals surface area (Å²) < 4.78 is 5.43. The van der Waals surface area contributed by atoms with Gasteiger partial charge in [-0.2, -0.15) is 0 Å². The van der Waals surface area contributed by atoms with Gasteiger partial charge >= 0.3 is 18.0 Å². The van der Waals surface area contributed by atoms with E-state index >= 15 is 0 Å². The number of carboxylic acid groups (broad SMARTS) is 2. The van der Waals surface area contributed by atoms with E-state index in [4.69, 9.17) is 9.84 Å². The summed E-state index contributed by atoms with van der Waals surface area (Å²) in [5.74, 6) is -2.56. The number of methoxy groups -OCH3 is 1. The quantitative estimate of drug-likeness (QED) is 0.180. The smallest absolute Gasteiger partial charge is 0.323 e. The van der Waals surface area contributed by atoms with Crippen LogP contribution in [0.1, 0.15) is 48.5 Å². The summed E-state index contributed by atoms with van der Waals surface area (Å²) in [5, 5.41) is 26.2. The minimum absolute atomic E-state index is 0.0122. The van der Waals surface area contributed by atoms with E-state index in [1.54, 1.807) is 37.4 Å². The van der Waals surface area contributed by atoms with Crippen molar-refractivity contribution in [2.75, 3.05) is 29.7 Å². The summed E-state index contributed by atoms with van der Waals surface area (Å²) in [6.45, 7) is 1.88. The second kappa shape index (κ2) is 15.7. The predicted octanol–water partition coefficient (Wildman–Crippen LogP) is 4.14. The Morgan fingerprint density at radius 1 is 0.932 bits per heavy atom. The van der Waals surface area contributed by atoms with E-state index in [0.29, 0.717) is 28.4 Å². The highest BCUT2D eigenvalue weighted by atomic mass is 16.5. The molecular weight excluding hydrogens is 570 g/mol. The standard InChI is InChI=1S/C31H35N5O8/c1-19-7-4-5-8-22(19)34-31(43)35-24-13-11-20(15-26(24)44-3)16-28(38)36(2)21-12-14-23(32-18-21)25(17-30(41)42)33-27(37)9-6-10-29(39)40/h4-5,7-8,11-15,18,25H,6,9-10,16-17H2,1-3H3,(H,33,37)(H,39,40)(H,41,42)(H2,34,35,43). The zero-order valence-electron chi connectivity index (χ0n) is 24.6. The molecule has 0 saturated carbocycles. The molecule has 2 aromatic carbocycles. The number of hydrogen-bond donors (Lipinski definition) is 5.